The summed E-state index contributed by atoms with van der Waals surface area (Å²) in [6.07, 6.45) is 5.44. The number of imidazole rings is 1. The van der Waals surface area contributed by atoms with Crippen LogP contribution in [0, 0.1) is 11.3 Å². The van der Waals surface area contributed by atoms with Crippen LogP contribution in [0.4, 0.5) is 0 Å². The fourth-order valence-electron chi connectivity index (χ4n) is 3.43. The molecule has 3 nitrogen and oxygen atoms in total. The van der Waals surface area contributed by atoms with Gasteiger partial charge in [0.25, 0.3) is 0 Å². The Bertz CT molecular complexity index is 945. The molecule has 2 heterocycles. The molecule has 3 aromatic rings. The van der Waals surface area contributed by atoms with Crippen LogP contribution in [0.3, 0.4) is 0 Å². The summed E-state index contributed by atoms with van der Waals surface area (Å²) >= 11 is 6.82. The number of hydrogen-bond donors (Lipinski definition) is 0. The van der Waals surface area contributed by atoms with Crippen molar-refractivity contribution in [1.82, 2.24) is 9.38 Å². The van der Waals surface area contributed by atoms with Crippen molar-refractivity contribution in [1.29, 1.82) is 5.26 Å². The third kappa shape index (κ3) is 2.21. The zero-order valence-corrected chi connectivity index (χ0v) is 13.9. The van der Waals surface area contributed by atoms with E-state index in [1.807, 2.05) is 28.7 Å². The molecule has 0 spiro atoms. The minimum absolute atomic E-state index is 0.485. The Morgan fingerprint density at radius 3 is 2.83 bits per heavy atom. The summed E-state index contributed by atoms with van der Waals surface area (Å²) in [4.78, 5) is 4.70. The Balaban J connectivity index is 2.13. The number of aromatic nitrogens is 2. The normalized spacial score (nSPS) is 14.5. The molecule has 0 radical (unpaired) electrons. The van der Waals surface area contributed by atoms with Gasteiger partial charge in [-0.1, -0.05) is 37.1 Å². The predicted molar refractivity (Wildman–Crippen MR) is 93.0 cm³/mol. The van der Waals surface area contributed by atoms with Gasteiger partial charge in [0.1, 0.15) is 11.2 Å². The van der Waals surface area contributed by atoms with Gasteiger partial charge in [-0.3, -0.25) is 4.40 Å². The van der Waals surface area contributed by atoms with E-state index in [0.717, 1.165) is 65.0 Å². The van der Waals surface area contributed by atoms with Crippen LogP contribution in [0.2, 0.25) is 5.15 Å². The zero-order chi connectivity index (χ0) is 16.0. The lowest BCUT2D eigenvalue weighted by atomic mass is 9.96. The molecule has 0 atom stereocenters. The number of benzene rings is 1. The molecule has 0 N–H and O–H groups in total. The molecule has 0 aliphatic heterocycles. The predicted octanol–water partition coefficient (Wildman–Crippen LogP) is 5.23. The highest BCUT2D eigenvalue weighted by atomic mass is 35.5. The van der Waals surface area contributed by atoms with Crippen molar-refractivity contribution in [2.45, 2.75) is 44.9 Å². The van der Waals surface area contributed by atoms with Gasteiger partial charge >= 0.3 is 0 Å². The summed E-state index contributed by atoms with van der Waals surface area (Å²) in [6, 6.07) is 10.4. The molecule has 0 unspecified atom stereocenters. The van der Waals surface area contributed by atoms with Gasteiger partial charge < -0.3 is 0 Å². The van der Waals surface area contributed by atoms with E-state index in [1.165, 1.54) is 0 Å². The first-order chi connectivity index (χ1) is 11.3. The maximum absolute atomic E-state index is 9.81. The van der Waals surface area contributed by atoms with Gasteiger partial charge in [-0.15, -0.1) is 0 Å². The van der Waals surface area contributed by atoms with Crippen molar-refractivity contribution in [2.75, 3.05) is 0 Å². The van der Waals surface area contributed by atoms with E-state index in [-0.39, 0.29) is 0 Å². The summed E-state index contributed by atoms with van der Waals surface area (Å²) in [7, 11) is 0. The molecule has 0 bridgehead atoms. The van der Waals surface area contributed by atoms with Crippen LogP contribution in [-0.4, -0.2) is 9.38 Å². The van der Waals surface area contributed by atoms with E-state index in [4.69, 9.17) is 16.6 Å². The van der Waals surface area contributed by atoms with Crippen LogP contribution in [0.15, 0.2) is 24.3 Å². The molecule has 1 aromatic carbocycles. The van der Waals surface area contributed by atoms with Crippen molar-refractivity contribution < 1.29 is 0 Å². The topological polar surface area (TPSA) is 41.1 Å². The minimum atomic E-state index is 0.485. The average Bonchev–Trinajstić information content (AvgIpc) is 3.33. The van der Waals surface area contributed by atoms with E-state index in [9.17, 15) is 5.26 Å². The number of rotatable bonds is 4. The largest absolute Gasteiger partial charge is 0.281 e. The van der Waals surface area contributed by atoms with Crippen molar-refractivity contribution in [3.05, 3.63) is 46.1 Å². The van der Waals surface area contributed by atoms with Crippen LogP contribution >= 0.6 is 11.6 Å². The van der Waals surface area contributed by atoms with Crippen molar-refractivity contribution >= 4 is 28.3 Å². The lowest BCUT2D eigenvalue weighted by Gasteiger charge is -2.15. The van der Waals surface area contributed by atoms with Crippen molar-refractivity contribution in [3.8, 4) is 6.07 Å². The Kier molecular flexibility index (Phi) is 3.50. The van der Waals surface area contributed by atoms with E-state index in [2.05, 4.69) is 13.0 Å². The number of nitriles is 1. The van der Waals surface area contributed by atoms with Crippen LogP contribution in [-0.2, 0) is 6.42 Å². The van der Waals surface area contributed by atoms with Crippen molar-refractivity contribution in [2.24, 2.45) is 0 Å². The van der Waals surface area contributed by atoms with Crippen molar-refractivity contribution in [3.63, 3.8) is 0 Å². The number of hydrogen-bond acceptors (Lipinski definition) is 2. The molecule has 116 valence electrons. The molecule has 0 saturated heterocycles. The maximum Gasteiger partial charge on any atom is 0.157 e. The minimum Gasteiger partial charge on any atom is -0.281 e. The van der Waals surface area contributed by atoms with E-state index >= 15 is 0 Å². The summed E-state index contributed by atoms with van der Waals surface area (Å²) in [5, 5.41) is 10.6. The molecule has 4 rings (SSSR count). The fraction of sp³-hybridized carbons (Fsp3) is 0.368. The molecule has 1 saturated carbocycles. The van der Waals surface area contributed by atoms with Crippen LogP contribution < -0.4 is 0 Å². The Hall–Kier alpha value is -2.05. The molecular formula is C19H18ClN3. The van der Waals surface area contributed by atoms with Gasteiger partial charge in [-0.25, -0.2) is 4.98 Å². The van der Waals surface area contributed by atoms with Gasteiger partial charge in [0, 0.05) is 0 Å². The fourth-order valence-corrected chi connectivity index (χ4v) is 3.80. The summed E-state index contributed by atoms with van der Waals surface area (Å²) in [5.41, 5.74) is 5.61. The highest BCUT2D eigenvalue weighted by molar-refractivity contribution is 6.31. The average molecular weight is 324 g/mol. The number of para-hydroxylation sites is 2. The smallest absolute Gasteiger partial charge is 0.157 e. The molecule has 4 heteroatoms. The first kappa shape index (κ1) is 14.5. The third-order valence-electron chi connectivity index (χ3n) is 4.70. The third-order valence-corrected chi connectivity index (χ3v) is 5.10. The monoisotopic (exact) mass is 323 g/mol. The Labute approximate surface area is 140 Å². The molecule has 2 aromatic heterocycles. The summed E-state index contributed by atoms with van der Waals surface area (Å²) in [5.74, 6) is 0.485. The number of pyridine rings is 1. The number of halogens is 1. The van der Waals surface area contributed by atoms with E-state index in [0.29, 0.717) is 11.6 Å². The van der Waals surface area contributed by atoms with Crippen LogP contribution in [0.1, 0.15) is 55.2 Å². The second kappa shape index (κ2) is 5.54. The second-order valence-electron chi connectivity index (χ2n) is 6.31. The first-order valence-corrected chi connectivity index (χ1v) is 8.65. The van der Waals surface area contributed by atoms with Gasteiger partial charge in [-0.05, 0) is 54.9 Å². The quantitative estimate of drug-likeness (QED) is 0.617. The lowest BCUT2D eigenvalue weighted by molar-refractivity contribution is 0.781. The lowest BCUT2D eigenvalue weighted by Crippen LogP contribution is -2.05. The van der Waals surface area contributed by atoms with Gasteiger partial charge in [0.15, 0.2) is 5.65 Å². The van der Waals surface area contributed by atoms with Gasteiger partial charge in [0.05, 0.1) is 16.6 Å². The summed E-state index contributed by atoms with van der Waals surface area (Å²) in [6.45, 7) is 2.18. The Morgan fingerprint density at radius 1 is 1.35 bits per heavy atom. The standard InChI is InChI=1S/C19H18ClN3/c1-2-3-6-13-17(12-9-10-12)14(11-21)19-22-15-7-4-5-8-16(15)23(19)18(13)20/h4-5,7-8,12H,2-3,6,9-10H2,1H3. The summed E-state index contributed by atoms with van der Waals surface area (Å²) < 4.78 is 1.96. The van der Waals surface area contributed by atoms with Gasteiger partial charge in [0.2, 0.25) is 0 Å². The first-order valence-electron chi connectivity index (χ1n) is 8.27. The molecule has 1 aliphatic rings. The second-order valence-corrected chi connectivity index (χ2v) is 6.67. The molecule has 1 fully saturated rings. The van der Waals surface area contributed by atoms with E-state index in [1.54, 1.807) is 0 Å². The van der Waals surface area contributed by atoms with E-state index < -0.39 is 0 Å². The van der Waals surface area contributed by atoms with Gasteiger partial charge in [-0.2, -0.15) is 5.26 Å². The highest BCUT2D eigenvalue weighted by Crippen LogP contribution is 2.46. The molecule has 23 heavy (non-hydrogen) atoms. The molecular weight excluding hydrogens is 306 g/mol. The highest BCUT2D eigenvalue weighted by Gasteiger charge is 2.32. The van der Waals surface area contributed by atoms with Crippen LogP contribution in [0.5, 0.6) is 0 Å². The number of unbranched alkanes of at least 4 members (excludes halogenated alkanes) is 1. The zero-order valence-electron chi connectivity index (χ0n) is 13.1. The molecule has 0 amide bonds. The number of nitrogens with zero attached hydrogens (tertiary/aromatic N) is 3. The SMILES string of the molecule is CCCCc1c(C2CC2)c(C#N)c2nc3ccccc3n2c1Cl. The molecule has 1 aliphatic carbocycles. The Morgan fingerprint density at radius 2 is 2.13 bits per heavy atom. The van der Waals surface area contributed by atoms with Crippen LogP contribution in [0.25, 0.3) is 16.7 Å². The number of fused-ring (bicyclic) bond motifs is 3. The maximum atomic E-state index is 9.81.